The van der Waals surface area contributed by atoms with Crippen LogP contribution in [-0.4, -0.2) is 10.4 Å². The number of nitrogens with zero attached hydrogens (tertiary/aromatic N) is 1. The van der Waals surface area contributed by atoms with Crippen molar-refractivity contribution in [2.75, 3.05) is 0 Å². The maximum atomic E-state index is 12.0. The average molecular weight is 304 g/mol. The third-order valence-electron chi connectivity index (χ3n) is 2.84. The molecule has 18 heavy (non-hydrogen) atoms. The molecule has 3 aromatic rings. The summed E-state index contributed by atoms with van der Waals surface area (Å²) in [5, 5.41) is 1.11. The van der Waals surface area contributed by atoms with E-state index in [0.29, 0.717) is 12.3 Å². The molecule has 0 fully saturated rings. The van der Waals surface area contributed by atoms with Gasteiger partial charge in [0.1, 0.15) is 0 Å². The van der Waals surface area contributed by atoms with Crippen molar-refractivity contribution >= 4 is 32.6 Å². The lowest BCUT2D eigenvalue weighted by Gasteiger charge is -2.03. The van der Waals surface area contributed by atoms with Gasteiger partial charge < -0.3 is 8.98 Å². The lowest BCUT2D eigenvalue weighted by Crippen LogP contribution is -2.08. The Balaban J connectivity index is 1.94. The SMILES string of the molecule is O=C(Cn1ccc2cc(Br)ccc21)c1ccco1. The Labute approximate surface area is 112 Å². The van der Waals surface area contributed by atoms with Gasteiger partial charge in [0.05, 0.1) is 12.8 Å². The molecule has 0 radical (unpaired) electrons. The van der Waals surface area contributed by atoms with E-state index in [0.717, 1.165) is 15.4 Å². The smallest absolute Gasteiger partial charge is 0.217 e. The van der Waals surface area contributed by atoms with E-state index in [2.05, 4.69) is 15.9 Å². The second-order valence-corrected chi connectivity index (χ2v) is 4.96. The topological polar surface area (TPSA) is 35.1 Å². The van der Waals surface area contributed by atoms with Gasteiger partial charge >= 0.3 is 0 Å². The highest BCUT2D eigenvalue weighted by atomic mass is 79.9. The van der Waals surface area contributed by atoms with Crippen molar-refractivity contribution in [1.29, 1.82) is 0 Å². The van der Waals surface area contributed by atoms with E-state index < -0.39 is 0 Å². The Kier molecular flexibility index (Phi) is 2.80. The monoisotopic (exact) mass is 303 g/mol. The van der Waals surface area contributed by atoms with Gasteiger partial charge in [0.25, 0.3) is 0 Å². The molecule has 0 atom stereocenters. The van der Waals surface area contributed by atoms with Crippen LogP contribution in [0.5, 0.6) is 0 Å². The summed E-state index contributed by atoms with van der Waals surface area (Å²) in [6.45, 7) is 0.290. The maximum Gasteiger partial charge on any atom is 0.217 e. The first kappa shape index (κ1) is 11.3. The Morgan fingerprint density at radius 1 is 1.28 bits per heavy atom. The van der Waals surface area contributed by atoms with E-state index in [1.54, 1.807) is 12.1 Å². The maximum absolute atomic E-state index is 12.0. The zero-order chi connectivity index (χ0) is 12.5. The molecule has 0 amide bonds. The summed E-state index contributed by atoms with van der Waals surface area (Å²) in [4.78, 5) is 12.0. The minimum Gasteiger partial charge on any atom is -0.461 e. The highest BCUT2D eigenvalue weighted by Crippen LogP contribution is 2.21. The van der Waals surface area contributed by atoms with Crippen molar-refractivity contribution < 1.29 is 9.21 Å². The van der Waals surface area contributed by atoms with Gasteiger partial charge in [0, 0.05) is 21.6 Å². The van der Waals surface area contributed by atoms with Gasteiger partial charge in [-0.3, -0.25) is 4.79 Å². The molecule has 3 rings (SSSR count). The number of fused-ring (bicyclic) bond motifs is 1. The predicted molar refractivity (Wildman–Crippen MR) is 72.7 cm³/mol. The molecule has 0 aliphatic carbocycles. The summed E-state index contributed by atoms with van der Waals surface area (Å²) < 4.78 is 8.06. The van der Waals surface area contributed by atoms with Gasteiger partial charge in [-0.25, -0.2) is 0 Å². The fourth-order valence-corrected chi connectivity index (χ4v) is 2.36. The highest BCUT2D eigenvalue weighted by molar-refractivity contribution is 9.10. The molecule has 3 nitrogen and oxygen atoms in total. The largest absolute Gasteiger partial charge is 0.461 e. The van der Waals surface area contributed by atoms with Crippen molar-refractivity contribution in [3.8, 4) is 0 Å². The summed E-state index contributed by atoms with van der Waals surface area (Å²) in [5.41, 5.74) is 1.04. The molecule has 1 aromatic carbocycles. The molecule has 0 spiro atoms. The molecular weight excluding hydrogens is 294 g/mol. The second kappa shape index (κ2) is 4.46. The van der Waals surface area contributed by atoms with E-state index >= 15 is 0 Å². The molecule has 0 bridgehead atoms. The molecule has 0 N–H and O–H groups in total. The summed E-state index contributed by atoms with van der Waals surface area (Å²) in [5.74, 6) is 0.370. The third kappa shape index (κ3) is 1.99. The number of furan rings is 1. The van der Waals surface area contributed by atoms with E-state index in [4.69, 9.17) is 4.42 Å². The minimum atomic E-state index is -0.0274. The Bertz CT molecular complexity index is 698. The first-order chi connectivity index (χ1) is 8.74. The lowest BCUT2D eigenvalue weighted by molar-refractivity contribution is 0.0946. The van der Waals surface area contributed by atoms with Gasteiger partial charge in [-0.15, -0.1) is 0 Å². The van der Waals surface area contributed by atoms with Crippen molar-refractivity contribution in [2.45, 2.75) is 6.54 Å². The van der Waals surface area contributed by atoms with Crippen molar-refractivity contribution in [2.24, 2.45) is 0 Å². The fourth-order valence-electron chi connectivity index (χ4n) is 1.98. The van der Waals surface area contributed by atoms with Crippen molar-refractivity contribution in [3.05, 3.63) is 59.1 Å². The van der Waals surface area contributed by atoms with E-state index in [9.17, 15) is 4.79 Å². The van der Waals surface area contributed by atoms with Gasteiger partial charge in [0.15, 0.2) is 5.76 Å². The van der Waals surface area contributed by atoms with Crippen molar-refractivity contribution in [3.63, 3.8) is 0 Å². The van der Waals surface area contributed by atoms with Gasteiger partial charge in [-0.2, -0.15) is 0 Å². The number of carbonyl (C=O) groups is 1. The second-order valence-electron chi connectivity index (χ2n) is 4.05. The van der Waals surface area contributed by atoms with Crippen LogP contribution in [0.1, 0.15) is 10.6 Å². The number of halogens is 1. The molecule has 90 valence electrons. The fraction of sp³-hybridized carbons (Fsp3) is 0.0714. The molecule has 2 heterocycles. The van der Waals surface area contributed by atoms with Crippen LogP contribution in [0.3, 0.4) is 0 Å². The summed E-state index contributed by atoms with van der Waals surface area (Å²) >= 11 is 3.43. The first-order valence-corrected chi connectivity index (χ1v) is 6.34. The Morgan fingerprint density at radius 3 is 2.94 bits per heavy atom. The van der Waals surface area contributed by atoms with E-state index in [1.807, 2.05) is 35.0 Å². The van der Waals surface area contributed by atoms with E-state index in [-0.39, 0.29) is 5.78 Å². The highest BCUT2D eigenvalue weighted by Gasteiger charge is 2.11. The molecule has 0 saturated carbocycles. The van der Waals surface area contributed by atoms with Gasteiger partial charge in [-0.05, 0) is 36.4 Å². The number of hydrogen-bond donors (Lipinski definition) is 0. The predicted octanol–water partition coefficient (Wildman–Crippen LogP) is 3.88. The van der Waals surface area contributed by atoms with Crippen LogP contribution in [0, 0.1) is 0 Å². The number of benzene rings is 1. The standard InChI is InChI=1S/C14H10BrNO2/c15-11-3-4-12-10(8-11)5-6-16(12)9-13(17)14-2-1-7-18-14/h1-8H,9H2. The zero-order valence-corrected chi connectivity index (χ0v) is 11.1. The molecule has 2 aromatic heterocycles. The molecule has 0 aliphatic rings. The van der Waals surface area contributed by atoms with Gasteiger partial charge in [-0.1, -0.05) is 15.9 Å². The lowest BCUT2D eigenvalue weighted by atomic mass is 10.2. The summed E-state index contributed by atoms with van der Waals surface area (Å²) in [6, 6.07) is 11.4. The van der Waals surface area contributed by atoms with Crippen molar-refractivity contribution in [1.82, 2.24) is 4.57 Å². The average Bonchev–Trinajstić information content (AvgIpc) is 2.98. The number of ketones is 1. The number of carbonyl (C=O) groups excluding carboxylic acids is 1. The summed E-state index contributed by atoms with van der Waals surface area (Å²) in [7, 11) is 0. The number of hydrogen-bond acceptors (Lipinski definition) is 2. The van der Waals surface area contributed by atoms with Crippen LogP contribution in [0.2, 0.25) is 0 Å². The Hall–Kier alpha value is -1.81. The van der Waals surface area contributed by atoms with E-state index in [1.165, 1.54) is 6.26 Å². The molecule has 0 aliphatic heterocycles. The molecule has 0 unspecified atom stereocenters. The quantitative estimate of drug-likeness (QED) is 0.688. The zero-order valence-electron chi connectivity index (χ0n) is 9.47. The van der Waals surface area contributed by atoms with Crippen LogP contribution in [0.15, 0.2) is 57.7 Å². The number of aromatic nitrogens is 1. The van der Waals surface area contributed by atoms with Crippen LogP contribution in [0.25, 0.3) is 10.9 Å². The summed E-state index contributed by atoms with van der Waals surface area (Å²) in [6.07, 6.45) is 3.43. The van der Waals surface area contributed by atoms with Crippen LogP contribution in [-0.2, 0) is 6.54 Å². The van der Waals surface area contributed by atoms with Crippen LogP contribution in [0.4, 0.5) is 0 Å². The minimum absolute atomic E-state index is 0.0274. The van der Waals surface area contributed by atoms with Gasteiger partial charge in [0.2, 0.25) is 5.78 Å². The third-order valence-corrected chi connectivity index (χ3v) is 3.34. The number of rotatable bonds is 3. The Morgan fingerprint density at radius 2 is 2.17 bits per heavy atom. The first-order valence-electron chi connectivity index (χ1n) is 5.55. The number of Topliss-reactive ketones (excluding diaryl/α,β-unsaturated/α-hetero) is 1. The van der Waals surface area contributed by atoms with Crippen LogP contribution >= 0.6 is 15.9 Å². The molecule has 0 saturated heterocycles. The normalized spacial score (nSPS) is 10.9. The van der Waals surface area contributed by atoms with Crippen LogP contribution < -0.4 is 0 Å². The molecular formula is C14H10BrNO2. The molecule has 4 heteroatoms.